The van der Waals surface area contributed by atoms with Gasteiger partial charge in [-0.1, -0.05) is 38.5 Å². The van der Waals surface area contributed by atoms with Crippen LogP contribution in [0.2, 0.25) is 0 Å². The average Bonchev–Trinajstić information content (AvgIpc) is 3.26. The van der Waals surface area contributed by atoms with E-state index < -0.39 is 0 Å². The predicted molar refractivity (Wildman–Crippen MR) is 86.2 cm³/mol. The lowest BCUT2D eigenvalue weighted by Crippen LogP contribution is -2.38. The van der Waals surface area contributed by atoms with E-state index in [0.717, 1.165) is 31.7 Å². The monoisotopic (exact) mass is 306 g/mol. The van der Waals surface area contributed by atoms with Crippen molar-refractivity contribution in [1.82, 2.24) is 10.2 Å². The van der Waals surface area contributed by atoms with Gasteiger partial charge in [0, 0.05) is 32.0 Å². The Hall–Kier alpha value is -1.06. The van der Waals surface area contributed by atoms with Gasteiger partial charge in [-0.15, -0.1) is 0 Å². The Morgan fingerprint density at radius 3 is 2.45 bits per heavy atom. The summed E-state index contributed by atoms with van der Waals surface area (Å²) in [7, 11) is 1.72. The first-order chi connectivity index (χ1) is 10.6. The lowest BCUT2D eigenvalue weighted by Gasteiger charge is -2.28. The molecule has 1 atom stereocenters. The van der Waals surface area contributed by atoms with Crippen molar-refractivity contribution in [2.24, 2.45) is 17.3 Å². The molecule has 0 aromatic heterocycles. The Morgan fingerprint density at radius 2 is 1.82 bits per heavy atom. The molecule has 2 saturated carbocycles. The molecular formula is C18H30N2O2. The van der Waals surface area contributed by atoms with Gasteiger partial charge in [0.15, 0.2) is 0 Å². The highest BCUT2D eigenvalue weighted by Crippen LogP contribution is 2.49. The van der Waals surface area contributed by atoms with Crippen LogP contribution in [0.25, 0.3) is 0 Å². The standard InChI is InChI=1S/C18H30N2O2/c1-19-17(22)15-12-20(13-18(15)10-4-5-11-18)16(21)9-8-14-6-2-3-7-14/h14-15H,2-13H2,1H3,(H,19,22). The highest BCUT2D eigenvalue weighted by atomic mass is 16.2. The maximum Gasteiger partial charge on any atom is 0.225 e. The average molecular weight is 306 g/mol. The summed E-state index contributed by atoms with van der Waals surface area (Å²) in [5.74, 6) is 1.19. The number of amides is 2. The van der Waals surface area contributed by atoms with Crippen LogP contribution in [0.1, 0.15) is 64.2 Å². The number of carbonyl (C=O) groups excluding carboxylic acids is 2. The van der Waals surface area contributed by atoms with Crippen molar-refractivity contribution >= 4 is 11.8 Å². The minimum atomic E-state index is 0.00966. The molecule has 1 saturated heterocycles. The van der Waals surface area contributed by atoms with Gasteiger partial charge in [-0.25, -0.2) is 0 Å². The zero-order valence-electron chi connectivity index (χ0n) is 13.9. The van der Waals surface area contributed by atoms with Crippen molar-refractivity contribution in [3.63, 3.8) is 0 Å². The van der Waals surface area contributed by atoms with Gasteiger partial charge in [-0.2, -0.15) is 0 Å². The topological polar surface area (TPSA) is 49.4 Å². The Labute approximate surface area is 134 Å². The second-order valence-corrected chi connectivity index (χ2v) is 7.70. The molecular weight excluding hydrogens is 276 g/mol. The first kappa shape index (κ1) is 15.8. The highest BCUT2D eigenvalue weighted by Gasteiger charge is 2.51. The normalized spacial score (nSPS) is 27.7. The van der Waals surface area contributed by atoms with E-state index in [-0.39, 0.29) is 23.1 Å². The molecule has 1 unspecified atom stereocenters. The Bertz CT molecular complexity index is 423. The van der Waals surface area contributed by atoms with Crippen LogP contribution < -0.4 is 5.32 Å². The van der Waals surface area contributed by atoms with E-state index in [0.29, 0.717) is 13.0 Å². The second-order valence-electron chi connectivity index (χ2n) is 7.70. The fraction of sp³-hybridized carbons (Fsp3) is 0.889. The van der Waals surface area contributed by atoms with Gasteiger partial charge in [0.25, 0.3) is 0 Å². The quantitative estimate of drug-likeness (QED) is 0.868. The van der Waals surface area contributed by atoms with Crippen molar-refractivity contribution < 1.29 is 9.59 Å². The van der Waals surface area contributed by atoms with Gasteiger partial charge in [-0.3, -0.25) is 9.59 Å². The van der Waals surface area contributed by atoms with Gasteiger partial charge in [0.2, 0.25) is 11.8 Å². The van der Waals surface area contributed by atoms with Crippen LogP contribution >= 0.6 is 0 Å². The molecule has 4 nitrogen and oxygen atoms in total. The van der Waals surface area contributed by atoms with Crippen LogP contribution in [-0.4, -0.2) is 36.9 Å². The van der Waals surface area contributed by atoms with E-state index in [1.54, 1.807) is 7.05 Å². The van der Waals surface area contributed by atoms with Crippen molar-refractivity contribution in [3.05, 3.63) is 0 Å². The predicted octanol–water partition coefficient (Wildman–Crippen LogP) is 2.72. The minimum absolute atomic E-state index is 0.00966. The Morgan fingerprint density at radius 1 is 1.14 bits per heavy atom. The molecule has 3 aliphatic rings. The van der Waals surface area contributed by atoms with Crippen molar-refractivity contribution in [1.29, 1.82) is 0 Å². The van der Waals surface area contributed by atoms with Crippen molar-refractivity contribution in [2.75, 3.05) is 20.1 Å². The van der Waals surface area contributed by atoms with Gasteiger partial charge < -0.3 is 10.2 Å². The fourth-order valence-electron chi connectivity index (χ4n) is 5.06. The summed E-state index contributed by atoms with van der Waals surface area (Å²) in [6, 6.07) is 0. The lowest BCUT2D eigenvalue weighted by atomic mass is 9.76. The van der Waals surface area contributed by atoms with Crippen LogP contribution in [0.5, 0.6) is 0 Å². The molecule has 2 aliphatic carbocycles. The maximum absolute atomic E-state index is 12.6. The third-order valence-electron chi connectivity index (χ3n) is 6.40. The first-order valence-electron chi connectivity index (χ1n) is 9.14. The Balaban J connectivity index is 1.60. The molecule has 0 aromatic rings. The van der Waals surface area contributed by atoms with E-state index in [1.807, 2.05) is 4.90 Å². The molecule has 1 N–H and O–H groups in total. The zero-order chi connectivity index (χ0) is 15.6. The van der Waals surface area contributed by atoms with Crippen LogP contribution in [0.4, 0.5) is 0 Å². The SMILES string of the molecule is CNC(=O)C1CN(C(=O)CCC2CCCC2)CC12CCCC2. The molecule has 0 aromatic carbocycles. The number of rotatable bonds is 4. The molecule has 3 rings (SSSR count). The molecule has 4 heteroatoms. The van der Waals surface area contributed by atoms with E-state index in [1.165, 1.54) is 38.5 Å². The highest BCUT2D eigenvalue weighted by molar-refractivity contribution is 5.83. The van der Waals surface area contributed by atoms with Crippen molar-refractivity contribution in [3.8, 4) is 0 Å². The fourth-order valence-corrected chi connectivity index (χ4v) is 5.06. The number of nitrogens with zero attached hydrogens (tertiary/aromatic N) is 1. The summed E-state index contributed by atoms with van der Waals surface area (Å²) in [4.78, 5) is 26.9. The molecule has 1 spiro atoms. The van der Waals surface area contributed by atoms with E-state index >= 15 is 0 Å². The molecule has 0 bridgehead atoms. The summed E-state index contributed by atoms with van der Waals surface area (Å²) in [5, 5.41) is 2.82. The smallest absolute Gasteiger partial charge is 0.225 e. The van der Waals surface area contributed by atoms with Crippen molar-refractivity contribution in [2.45, 2.75) is 64.2 Å². The van der Waals surface area contributed by atoms with Crippen LogP contribution in [0.15, 0.2) is 0 Å². The van der Waals surface area contributed by atoms with E-state index in [9.17, 15) is 9.59 Å². The largest absolute Gasteiger partial charge is 0.359 e. The maximum atomic E-state index is 12.6. The number of nitrogens with one attached hydrogen (secondary N) is 1. The van der Waals surface area contributed by atoms with E-state index in [4.69, 9.17) is 0 Å². The number of hydrogen-bond acceptors (Lipinski definition) is 2. The number of hydrogen-bond donors (Lipinski definition) is 1. The van der Waals surface area contributed by atoms with Crippen LogP contribution in [0, 0.1) is 17.3 Å². The third-order valence-corrected chi connectivity index (χ3v) is 6.40. The van der Waals surface area contributed by atoms with E-state index in [2.05, 4.69) is 5.32 Å². The minimum Gasteiger partial charge on any atom is -0.359 e. The molecule has 124 valence electrons. The second kappa shape index (κ2) is 6.59. The third kappa shape index (κ3) is 3.02. The Kier molecular flexibility index (Phi) is 4.74. The van der Waals surface area contributed by atoms with Crippen LogP contribution in [-0.2, 0) is 9.59 Å². The number of likely N-dealkylation sites (tertiary alicyclic amines) is 1. The molecule has 0 radical (unpaired) electrons. The number of carbonyl (C=O) groups is 2. The van der Waals surface area contributed by atoms with Crippen LogP contribution in [0.3, 0.4) is 0 Å². The van der Waals surface area contributed by atoms with Gasteiger partial charge in [0.05, 0.1) is 5.92 Å². The first-order valence-corrected chi connectivity index (χ1v) is 9.14. The molecule has 22 heavy (non-hydrogen) atoms. The summed E-state index contributed by atoms with van der Waals surface area (Å²) in [6.07, 6.45) is 11.6. The van der Waals surface area contributed by atoms with Gasteiger partial charge in [-0.05, 0) is 25.2 Å². The summed E-state index contributed by atoms with van der Waals surface area (Å²) in [5.41, 5.74) is 0.0725. The van der Waals surface area contributed by atoms with Gasteiger partial charge in [0.1, 0.15) is 0 Å². The lowest BCUT2D eigenvalue weighted by molar-refractivity contribution is -0.131. The van der Waals surface area contributed by atoms with Gasteiger partial charge >= 0.3 is 0 Å². The molecule has 1 heterocycles. The summed E-state index contributed by atoms with van der Waals surface area (Å²) >= 11 is 0. The summed E-state index contributed by atoms with van der Waals surface area (Å²) in [6.45, 7) is 1.46. The summed E-state index contributed by atoms with van der Waals surface area (Å²) < 4.78 is 0. The molecule has 1 aliphatic heterocycles. The molecule has 3 fully saturated rings. The zero-order valence-corrected chi connectivity index (χ0v) is 13.9. The molecule has 2 amide bonds.